The molecule has 0 amide bonds. The molecule has 3 heteroatoms. The molecule has 1 heterocycles. The number of carbonyl (C=O) groups is 1. The molecule has 0 unspecified atom stereocenters. The third kappa shape index (κ3) is 2.95. The summed E-state index contributed by atoms with van der Waals surface area (Å²) in [6.45, 7) is 2.04. The number of hydrogen-bond donors (Lipinski definition) is 0. The van der Waals surface area contributed by atoms with E-state index in [-0.39, 0.29) is 0 Å². The van der Waals surface area contributed by atoms with E-state index in [0.717, 1.165) is 27.4 Å². The zero-order chi connectivity index (χ0) is 11.5. The second-order valence-electron chi connectivity index (χ2n) is 4.68. The first-order valence-corrected chi connectivity index (χ1v) is 7.57. The minimum atomic E-state index is 0.325. The van der Waals surface area contributed by atoms with Gasteiger partial charge in [0, 0.05) is 6.42 Å². The van der Waals surface area contributed by atoms with Gasteiger partial charge in [-0.1, -0.05) is 25.7 Å². The molecule has 1 aromatic rings. The molecule has 0 N–H and O–H groups in total. The van der Waals surface area contributed by atoms with Gasteiger partial charge in [-0.25, -0.2) is 0 Å². The van der Waals surface area contributed by atoms with E-state index in [2.05, 4.69) is 15.9 Å². The number of hydrogen-bond acceptors (Lipinski definition) is 2. The van der Waals surface area contributed by atoms with Gasteiger partial charge in [-0.3, -0.25) is 4.79 Å². The fourth-order valence-electron chi connectivity index (χ4n) is 2.35. The average molecular weight is 301 g/mol. The van der Waals surface area contributed by atoms with Gasteiger partial charge < -0.3 is 0 Å². The molecule has 0 aromatic carbocycles. The predicted octanol–water partition coefficient (Wildman–Crippen LogP) is 4.97. The highest BCUT2D eigenvalue weighted by Gasteiger charge is 2.17. The maximum absolute atomic E-state index is 12.0. The molecular weight excluding hydrogens is 284 g/mol. The maximum Gasteiger partial charge on any atom is 0.172 e. The Labute approximate surface area is 109 Å². The summed E-state index contributed by atoms with van der Waals surface area (Å²) in [5.74, 6) is 1.14. The van der Waals surface area contributed by atoms with Crippen molar-refractivity contribution in [2.45, 2.75) is 45.4 Å². The standard InChI is InChI=1S/C13H17BrOS/c1-9-8-12(16-13(9)14)11(15)7-6-10-4-2-3-5-10/h8,10H,2-7H2,1H3. The topological polar surface area (TPSA) is 17.1 Å². The summed E-state index contributed by atoms with van der Waals surface area (Å²) in [6, 6.07) is 2.01. The Bertz CT molecular complexity index is 358. The van der Waals surface area contributed by atoms with E-state index in [1.165, 1.54) is 31.2 Å². The van der Waals surface area contributed by atoms with Gasteiger partial charge in [-0.05, 0) is 46.8 Å². The van der Waals surface area contributed by atoms with E-state index in [0.29, 0.717) is 5.78 Å². The van der Waals surface area contributed by atoms with Crippen LogP contribution in [0.25, 0.3) is 0 Å². The Kier molecular flexibility index (Phi) is 4.20. The molecule has 1 nitrogen and oxygen atoms in total. The lowest BCUT2D eigenvalue weighted by molar-refractivity contribution is 0.0978. The lowest BCUT2D eigenvalue weighted by Gasteiger charge is -2.06. The van der Waals surface area contributed by atoms with Crippen LogP contribution in [0.2, 0.25) is 0 Å². The predicted molar refractivity (Wildman–Crippen MR) is 72.3 cm³/mol. The third-order valence-electron chi connectivity index (χ3n) is 3.39. The molecule has 2 rings (SSSR count). The highest BCUT2D eigenvalue weighted by atomic mass is 79.9. The smallest absolute Gasteiger partial charge is 0.172 e. The summed E-state index contributed by atoms with van der Waals surface area (Å²) in [5, 5.41) is 0. The van der Waals surface area contributed by atoms with E-state index >= 15 is 0 Å². The number of ketones is 1. The van der Waals surface area contributed by atoms with Crippen LogP contribution >= 0.6 is 27.3 Å². The van der Waals surface area contributed by atoms with E-state index < -0.39 is 0 Å². The highest BCUT2D eigenvalue weighted by molar-refractivity contribution is 9.11. The van der Waals surface area contributed by atoms with Crippen LogP contribution in [-0.2, 0) is 0 Å². The SMILES string of the molecule is Cc1cc(C(=O)CCC2CCCC2)sc1Br. The largest absolute Gasteiger partial charge is 0.293 e. The number of Topliss-reactive ketones (excluding diaryl/α,β-unsaturated/α-hetero) is 1. The van der Waals surface area contributed by atoms with Crippen molar-refractivity contribution >= 4 is 33.0 Å². The molecule has 0 aliphatic heterocycles. The van der Waals surface area contributed by atoms with Crippen molar-refractivity contribution < 1.29 is 4.79 Å². The molecule has 1 aliphatic carbocycles. The molecule has 1 aliphatic rings. The molecule has 0 bridgehead atoms. The summed E-state index contributed by atoms with van der Waals surface area (Å²) >= 11 is 5.04. The Morgan fingerprint density at radius 3 is 2.75 bits per heavy atom. The summed E-state index contributed by atoms with van der Waals surface area (Å²) in [5.41, 5.74) is 1.18. The van der Waals surface area contributed by atoms with Crippen molar-refractivity contribution in [1.29, 1.82) is 0 Å². The maximum atomic E-state index is 12.0. The molecule has 1 saturated carbocycles. The van der Waals surface area contributed by atoms with Gasteiger partial charge in [0.25, 0.3) is 0 Å². The minimum Gasteiger partial charge on any atom is -0.293 e. The van der Waals surface area contributed by atoms with E-state index in [9.17, 15) is 4.79 Å². The lowest BCUT2D eigenvalue weighted by Crippen LogP contribution is -2.01. The first-order chi connectivity index (χ1) is 7.66. The average Bonchev–Trinajstić information content (AvgIpc) is 2.86. The van der Waals surface area contributed by atoms with Crippen LogP contribution in [0.4, 0.5) is 0 Å². The fourth-order valence-corrected chi connectivity index (χ4v) is 3.86. The van der Waals surface area contributed by atoms with Gasteiger partial charge in [0.1, 0.15) is 0 Å². The van der Waals surface area contributed by atoms with Crippen LogP contribution in [0.1, 0.15) is 53.8 Å². The van der Waals surface area contributed by atoms with E-state index in [4.69, 9.17) is 0 Å². The molecule has 0 spiro atoms. The normalized spacial score (nSPS) is 16.9. The Morgan fingerprint density at radius 1 is 1.50 bits per heavy atom. The summed E-state index contributed by atoms with van der Waals surface area (Å²) in [7, 11) is 0. The lowest BCUT2D eigenvalue weighted by atomic mass is 10.00. The van der Waals surface area contributed by atoms with Crippen molar-refractivity contribution in [3.63, 3.8) is 0 Å². The molecule has 16 heavy (non-hydrogen) atoms. The summed E-state index contributed by atoms with van der Waals surface area (Å²) < 4.78 is 1.09. The molecule has 1 aromatic heterocycles. The highest BCUT2D eigenvalue weighted by Crippen LogP contribution is 2.31. The third-order valence-corrected chi connectivity index (χ3v) is 5.56. The van der Waals surface area contributed by atoms with Gasteiger partial charge in [-0.15, -0.1) is 11.3 Å². The van der Waals surface area contributed by atoms with Crippen molar-refractivity contribution in [2.24, 2.45) is 5.92 Å². The Morgan fingerprint density at radius 2 is 2.19 bits per heavy atom. The van der Waals surface area contributed by atoms with E-state index in [1.54, 1.807) is 11.3 Å². The zero-order valence-electron chi connectivity index (χ0n) is 9.59. The Balaban J connectivity index is 1.87. The molecule has 0 radical (unpaired) electrons. The van der Waals surface area contributed by atoms with Crippen molar-refractivity contribution in [3.8, 4) is 0 Å². The fraction of sp³-hybridized carbons (Fsp3) is 0.615. The second kappa shape index (κ2) is 5.46. The van der Waals surface area contributed by atoms with Crippen LogP contribution < -0.4 is 0 Å². The van der Waals surface area contributed by atoms with Gasteiger partial charge in [0.2, 0.25) is 0 Å². The molecule has 0 saturated heterocycles. The second-order valence-corrected chi connectivity index (χ2v) is 7.05. The van der Waals surface area contributed by atoms with Crippen LogP contribution in [-0.4, -0.2) is 5.78 Å². The van der Waals surface area contributed by atoms with Gasteiger partial charge in [-0.2, -0.15) is 0 Å². The van der Waals surface area contributed by atoms with Crippen LogP contribution in [0, 0.1) is 12.8 Å². The van der Waals surface area contributed by atoms with Gasteiger partial charge in [0.15, 0.2) is 5.78 Å². The van der Waals surface area contributed by atoms with Gasteiger partial charge in [0.05, 0.1) is 8.66 Å². The monoisotopic (exact) mass is 300 g/mol. The number of thiophene rings is 1. The van der Waals surface area contributed by atoms with E-state index in [1.807, 2.05) is 13.0 Å². The first kappa shape index (κ1) is 12.3. The Hall–Kier alpha value is -0.150. The molecule has 88 valence electrons. The van der Waals surface area contributed by atoms with Crippen LogP contribution in [0.15, 0.2) is 9.85 Å². The quantitative estimate of drug-likeness (QED) is 0.717. The van der Waals surface area contributed by atoms with Crippen LogP contribution in [0.3, 0.4) is 0 Å². The molecule has 0 atom stereocenters. The number of carbonyl (C=O) groups excluding carboxylic acids is 1. The summed E-state index contributed by atoms with van der Waals surface area (Å²) in [6.07, 6.45) is 7.22. The van der Waals surface area contributed by atoms with Crippen molar-refractivity contribution in [2.75, 3.05) is 0 Å². The number of halogens is 1. The minimum absolute atomic E-state index is 0.325. The first-order valence-electron chi connectivity index (χ1n) is 5.96. The number of rotatable bonds is 4. The molecular formula is C13H17BrOS. The van der Waals surface area contributed by atoms with Crippen molar-refractivity contribution in [1.82, 2.24) is 0 Å². The summed E-state index contributed by atoms with van der Waals surface area (Å²) in [4.78, 5) is 12.9. The zero-order valence-corrected chi connectivity index (χ0v) is 12.0. The van der Waals surface area contributed by atoms with Crippen molar-refractivity contribution in [3.05, 3.63) is 20.3 Å². The van der Waals surface area contributed by atoms with Crippen LogP contribution in [0.5, 0.6) is 0 Å². The van der Waals surface area contributed by atoms with Gasteiger partial charge >= 0.3 is 0 Å². The number of aryl methyl sites for hydroxylation is 1. The molecule has 1 fully saturated rings.